The molecule has 3 rings (SSSR count). The van der Waals surface area contributed by atoms with E-state index in [0.29, 0.717) is 0 Å². The fourth-order valence-electron chi connectivity index (χ4n) is 2.77. The van der Waals surface area contributed by atoms with Crippen molar-refractivity contribution in [1.82, 2.24) is 9.88 Å². The van der Waals surface area contributed by atoms with E-state index >= 15 is 0 Å². The average molecular weight is 312 g/mol. The first kappa shape index (κ1) is 14.9. The number of carbonyl (C=O) groups is 1. The molecule has 4 heteroatoms. The van der Waals surface area contributed by atoms with Crippen molar-refractivity contribution in [3.63, 3.8) is 0 Å². The summed E-state index contributed by atoms with van der Waals surface area (Å²) >= 11 is 1.48. The topological polar surface area (TPSA) is 34.0 Å². The third-order valence-electron chi connectivity index (χ3n) is 3.95. The molecule has 0 fully saturated rings. The maximum absolute atomic E-state index is 12.0. The Bertz CT molecular complexity index is 774. The number of aromatic nitrogens is 1. The predicted molar refractivity (Wildman–Crippen MR) is 92.5 cm³/mol. The van der Waals surface area contributed by atoms with Crippen LogP contribution in [0.2, 0.25) is 0 Å². The van der Waals surface area contributed by atoms with Crippen molar-refractivity contribution < 1.29 is 4.79 Å². The zero-order valence-electron chi connectivity index (χ0n) is 12.9. The van der Waals surface area contributed by atoms with Gasteiger partial charge in [-0.25, -0.2) is 0 Å². The van der Waals surface area contributed by atoms with Crippen molar-refractivity contribution in [3.8, 4) is 0 Å². The van der Waals surface area contributed by atoms with Crippen molar-refractivity contribution in [1.29, 1.82) is 0 Å². The lowest BCUT2D eigenvalue weighted by Crippen LogP contribution is -2.32. The lowest BCUT2D eigenvalue weighted by Gasteiger charge is -2.12. The Labute approximate surface area is 134 Å². The molecule has 0 aliphatic rings. The van der Waals surface area contributed by atoms with Gasteiger partial charge in [0.2, 0.25) is 0 Å². The highest BCUT2D eigenvalue weighted by Gasteiger charge is 2.12. The smallest absolute Gasteiger partial charge is 0.261 e. The minimum atomic E-state index is 0.0282. The second-order valence-corrected chi connectivity index (χ2v) is 6.62. The fraction of sp³-hybridized carbons (Fsp3) is 0.278. The Morgan fingerprint density at radius 2 is 2.09 bits per heavy atom. The number of hydrogen-bond donors (Lipinski definition) is 1. The number of carbonyl (C=O) groups excluding carboxylic acids is 1. The van der Waals surface area contributed by atoms with E-state index in [1.165, 1.54) is 27.8 Å². The van der Waals surface area contributed by atoms with Gasteiger partial charge in [-0.1, -0.05) is 24.3 Å². The Morgan fingerprint density at radius 3 is 2.86 bits per heavy atom. The molecule has 1 aromatic carbocycles. The molecule has 0 spiro atoms. The molecule has 1 amide bonds. The van der Waals surface area contributed by atoms with Gasteiger partial charge in [0.05, 0.1) is 4.88 Å². The van der Waals surface area contributed by atoms with Crippen molar-refractivity contribution in [2.45, 2.75) is 25.8 Å². The highest BCUT2D eigenvalue weighted by molar-refractivity contribution is 7.12. The zero-order valence-corrected chi connectivity index (χ0v) is 13.7. The van der Waals surface area contributed by atoms with E-state index in [1.807, 2.05) is 17.5 Å². The molecular formula is C18H20N2OS. The van der Waals surface area contributed by atoms with Gasteiger partial charge in [-0.05, 0) is 42.8 Å². The van der Waals surface area contributed by atoms with Crippen LogP contribution in [0.5, 0.6) is 0 Å². The first-order valence-corrected chi connectivity index (χ1v) is 8.40. The van der Waals surface area contributed by atoms with Crippen molar-refractivity contribution in [2.75, 3.05) is 0 Å². The van der Waals surface area contributed by atoms with Crippen LogP contribution in [-0.2, 0) is 13.5 Å². The molecule has 3 aromatic rings. The number of rotatable bonds is 5. The maximum atomic E-state index is 12.0. The summed E-state index contributed by atoms with van der Waals surface area (Å²) in [5.41, 5.74) is 2.60. The SMILES string of the molecule is C[C@H](CCc1cn(C)c2ccccc12)NC(=O)c1cccs1. The third-order valence-corrected chi connectivity index (χ3v) is 4.82. The van der Waals surface area contributed by atoms with Crippen LogP contribution in [0.3, 0.4) is 0 Å². The lowest BCUT2D eigenvalue weighted by molar-refractivity contribution is 0.0942. The van der Waals surface area contributed by atoms with Gasteiger partial charge in [0.1, 0.15) is 0 Å². The van der Waals surface area contributed by atoms with Gasteiger partial charge in [-0.3, -0.25) is 4.79 Å². The van der Waals surface area contributed by atoms with Crippen LogP contribution in [0.4, 0.5) is 0 Å². The Hall–Kier alpha value is -2.07. The first-order chi connectivity index (χ1) is 10.6. The molecule has 0 radical (unpaired) electrons. The molecular weight excluding hydrogens is 292 g/mol. The summed E-state index contributed by atoms with van der Waals surface area (Å²) in [6, 6.07) is 12.4. The van der Waals surface area contributed by atoms with E-state index < -0.39 is 0 Å². The molecule has 2 aromatic heterocycles. The second kappa shape index (κ2) is 6.36. The summed E-state index contributed by atoms with van der Waals surface area (Å²) in [6.45, 7) is 2.07. The molecule has 0 saturated carbocycles. The van der Waals surface area contributed by atoms with Crippen molar-refractivity contribution in [3.05, 3.63) is 58.4 Å². The Morgan fingerprint density at radius 1 is 1.27 bits per heavy atom. The Balaban J connectivity index is 1.63. The van der Waals surface area contributed by atoms with Crippen LogP contribution in [0.15, 0.2) is 48.0 Å². The second-order valence-electron chi connectivity index (χ2n) is 5.67. The summed E-state index contributed by atoms with van der Waals surface area (Å²) in [7, 11) is 2.08. The molecule has 1 N–H and O–H groups in total. The molecule has 1 atom stereocenters. The molecule has 0 saturated heterocycles. The first-order valence-electron chi connectivity index (χ1n) is 7.52. The van der Waals surface area contributed by atoms with Gasteiger partial charge in [0.15, 0.2) is 0 Å². The van der Waals surface area contributed by atoms with E-state index in [2.05, 4.69) is 54.3 Å². The van der Waals surface area contributed by atoms with Gasteiger partial charge >= 0.3 is 0 Å². The summed E-state index contributed by atoms with van der Waals surface area (Å²) < 4.78 is 2.17. The van der Waals surface area contributed by atoms with Gasteiger partial charge < -0.3 is 9.88 Å². The summed E-state index contributed by atoms with van der Waals surface area (Å²) in [6.07, 6.45) is 4.09. The summed E-state index contributed by atoms with van der Waals surface area (Å²) in [5.74, 6) is 0.0282. The van der Waals surface area contributed by atoms with Crippen LogP contribution in [0.25, 0.3) is 10.9 Å². The molecule has 22 heavy (non-hydrogen) atoms. The van der Waals surface area contributed by atoms with Crippen LogP contribution in [0, 0.1) is 0 Å². The number of thiophene rings is 1. The fourth-order valence-corrected chi connectivity index (χ4v) is 3.40. The van der Waals surface area contributed by atoms with E-state index in [4.69, 9.17) is 0 Å². The number of para-hydroxylation sites is 1. The minimum Gasteiger partial charge on any atom is -0.350 e. The molecule has 114 valence electrons. The number of fused-ring (bicyclic) bond motifs is 1. The predicted octanol–water partition coefficient (Wildman–Crippen LogP) is 3.99. The molecule has 0 unspecified atom stereocenters. The summed E-state index contributed by atoms with van der Waals surface area (Å²) in [5, 5.41) is 6.31. The quantitative estimate of drug-likeness (QED) is 0.759. The third kappa shape index (κ3) is 3.07. The molecule has 3 nitrogen and oxygen atoms in total. The van der Waals surface area contributed by atoms with Gasteiger partial charge in [0, 0.05) is 30.2 Å². The molecule has 0 aliphatic carbocycles. The summed E-state index contributed by atoms with van der Waals surface area (Å²) in [4.78, 5) is 12.8. The largest absolute Gasteiger partial charge is 0.350 e. The highest BCUT2D eigenvalue weighted by Crippen LogP contribution is 2.22. The lowest BCUT2D eigenvalue weighted by atomic mass is 10.1. The van der Waals surface area contributed by atoms with Gasteiger partial charge in [-0.15, -0.1) is 11.3 Å². The van der Waals surface area contributed by atoms with Gasteiger partial charge in [0.25, 0.3) is 5.91 Å². The maximum Gasteiger partial charge on any atom is 0.261 e. The monoisotopic (exact) mass is 312 g/mol. The number of aryl methyl sites for hydroxylation is 2. The van der Waals surface area contributed by atoms with Crippen LogP contribution >= 0.6 is 11.3 Å². The van der Waals surface area contributed by atoms with E-state index in [0.717, 1.165) is 17.7 Å². The van der Waals surface area contributed by atoms with Crippen LogP contribution in [0.1, 0.15) is 28.6 Å². The minimum absolute atomic E-state index is 0.0282. The van der Waals surface area contributed by atoms with Crippen molar-refractivity contribution in [2.24, 2.45) is 7.05 Å². The standard InChI is InChI=1S/C18H20N2OS/c1-13(19-18(21)17-8-5-11-22-17)9-10-14-12-20(2)16-7-4-3-6-15(14)16/h3-8,11-13H,9-10H2,1-2H3,(H,19,21)/t13-/m1/s1. The number of nitrogens with zero attached hydrogens (tertiary/aromatic N) is 1. The highest BCUT2D eigenvalue weighted by atomic mass is 32.1. The number of benzene rings is 1. The normalized spacial score (nSPS) is 12.5. The Kier molecular flexibility index (Phi) is 4.29. The molecule has 0 aliphatic heterocycles. The van der Waals surface area contributed by atoms with E-state index in [-0.39, 0.29) is 11.9 Å². The van der Waals surface area contributed by atoms with E-state index in [1.54, 1.807) is 0 Å². The number of nitrogens with one attached hydrogen (secondary N) is 1. The average Bonchev–Trinajstić information content (AvgIpc) is 3.14. The zero-order chi connectivity index (χ0) is 15.5. The number of amides is 1. The number of hydrogen-bond acceptors (Lipinski definition) is 2. The van der Waals surface area contributed by atoms with Crippen LogP contribution < -0.4 is 5.32 Å². The van der Waals surface area contributed by atoms with Crippen LogP contribution in [-0.4, -0.2) is 16.5 Å². The van der Waals surface area contributed by atoms with Gasteiger partial charge in [-0.2, -0.15) is 0 Å². The van der Waals surface area contributed by atoms with E-state index in [9.17, 15) is 4.79 Å². The molecule has 2 heterocycles. The molecule has 0 bridgehead atoms. The van der Waals surface area contributed by atoms with Crippen molar-refractivity contribution >= 4 is 28.1 Å².